The molecule has 0 bridgehead atoms. The van der Waals surface area contributed by atoms with E-state index in [9.17, 15) is 4.79 Å². The number of carbonyl (C=O) groups is 1. The van der Waals surface area contributed by atoms with Crippen LogP contribution in [0.1, 0.15) is 13.3 Å². The summed E-state index contributed by atoms with van der Waals surface area (Å²) in [5.41, 5.74) is 6.33. The summed E-state index contributed by atoms with van der Waals surface area (Å²) in [5, 5.41) is 2.75. The molecule has 1 aromatic heterocycles. The number of rotatable bonds is 4. The third-order valence-corrected chi connectivity index (χ3v) is 3.13. The largest absolute Gasteiger partial charge is 0.378 e. The Morgan fingerprint density at radius 2 is 2.10 bits per heavy atom. The zero-order valence-electron chi connectivity index (χ0n) is 11.9. The van der Waals surface area contributed by atoms with Gasteiger partial charge in [0, 0.05) is 13.1 Å². The Morgan fingerprint density at radius 3 is 2.62 bits per heavy atom. The molecule has 0 aromatic carbocycles. The number of aromatic nitrogens is 1. The molecule has 2 rings (SSSR count). The fourth-order valence-electron chi connectivity index (χ4n) is 1.86. The van der Waals surface area contributed by atoms with E-state index in [1.165, 1.54) is 0 Å². The second-order valence-corrected chi connectivity index (χ2v) is 4.51. The van der Waals surface area contributed by atoms with Crippen LogP contribution in [0, 0.1) is 0 Å². The first-order valence-corrected chi connectivity index (χ1v) is 6.56. The molecule has 1 saturated heterocycles. The van der Waals surface area contributed by atoms with Crippen LogP contribution in [0.2, 0.25) is 0 Å². The summed E-state index contributed by atoms with van der Waals surface area (Å²) >= 11 is 0. The topological polar surface area (TPSA) is 80.5 Å². The summed E-state index contributed by atoms with van der Waals surface area (Å²) in [5.74, 6) is 0.726. The monoisotopic (exact) mass is 336 g/mol. The zero-order chi connectivity index (χ0) is 13.7. The molecule has 1 amide bonds. The number of morpholine rings is 1. The lowest BCUT2D eigenvalue weighted by Crippen LogP contribution is -2.37. The first kappa shape index (κ1) is 19.9. The van der Waals surface area contributed by atoms with Crippen molar-refractivity contribution >= 4 is 42.2 Å². The highest BCUT2D eigenvalue weighted by Gasteiger charge is 2.13. The van der Waals surface area contributed by atoms with E-state index in [1.807, 2.05) is 19.1 Å². The number of pyridine rings is 1. The molecule has 1 aliphatic heterocycles. The predicted molar refractivity (Wildman–Crippen MR) is 88.7 cm³/mol. The van der Waals surface area contributed by atoms with E-state index in [4.69, 9.17) is 10.5 Å². The summed E-state index contributed by atoms with van der Waals surface area (Å²) < 4.78 is 5.30. The third-order valence-electron chi connectivity index (χ3n) is 3.13. The molecule has 1 aliphatic rings. The van der Waals surface area contributed by atoms with Crippen LogP contribution in [-0.2, 0) is 9.53 Å². The van der Waals surface area contributed by atoms with Crippen LogP contribution in [0.4, 0.5) is 11.5 Å². The Kier molecular flexibility index (Phi) is 9.28. The molecule has 1 fully saturated rings. The lowest BCUT2D eigenvalue weighted by atomic mass is 10.2. The molecule has 1 atom stereocenters. The molecule has 0 spiro atoms. The van der Waals surface area contributed by atoms with Crippen LogP contribution in [-0.4, -0.2) is 43.2 Å². The molecule has 0 saturated carbocycles. The summed E-state index contributed by atoms with van der Waals surface area (Å²) in [6.07, 6.45) is 2.27. The average molecular weight is 337 g/mol. The van der Waals surface area contributed by atoms with Gasteiger partial charge in [-0.3, -0.25) is 4.79 Å². The van der Waals surface area contributed by atoms with Gasteiger partial charge in [-0.05, 0) is 18.6 Å². The Morgan fingerprint density at radius 1 is 1.43 bits per heavy atom. The zero-order valence-corrected chi connectivity index (χ0v) is 13.6. The van der Waals surface area contributed by atoms with E-state index in [2.05, 4.69) is 15.2 Å². The van der Waals surface area contributed by atoms with Crippen molar-refractivity contribution in [3.8, 4) is 0 Å². The van der Waals surface area contributed by atoms with Gasteiger partial charge in [-0.15, -0.1) is 24.8 Å². The molecule has 6 nitrogen and oxygen atoms in total. The van der Waals surface area contributed by atoms with Gasteiger partial charge in [0.05, 0.1) is 31.1 Å². The number of halogens is 2. The van der Waals surface area contributed by atoms with E-state index in [1.54, 1.807) is 6.20 Å². The summed E-state index contributed by atoms with van der Waals surface area (Å²) in [6.45, 7) is 5.03. The summed E-state index contributed by atoms with van der Waals surface area (Å²) in [6, 6.07) is 3.27. The van der Waals surface area contributed by atoms with E-state index >= 15 is 0 Å². The highest BCUT2D eigenvalue weighted by Crippen LogP contribution is 2.15. The van der Waals surface area contributed by atoms with Crippen LogP contribution in [0.3, 0.4) is 0 Å². The van der Waals surface area contributed by atoms with E-state index < -0.39 is 6.04 Å². The Labute approximate surface area is 137 Å². The maximum absolute atomic E-state index is 11.6. The highest BCUT2D eigenvalue weighted by atomic mass is 35.5. The fraction of sp³-hybridized carbons (Fsp3) is 0.538. The van der Waals surface area contributed by atoms with Gasteiger partial charge < -0.3 is 20.7 Å². The number of nitrogens with zero attached hydrogens (tertiary/aromatic N) is 2. The number of amides is 1. The van der Waals surface area contributed by atoms with Crippen LogP contribution in [0.15, 0.2) is 18.3 Å². The number of hydrogen-bond donors (Lipinski definition) is 2. The van der Waals surface area contributed by atoms with Crippen molar-refractivity contribution in [2.45, 2.75) is 19.4 Å². The standard InChI is InChI=1S/C13H20N4O2.2ClH/c1-2-11(14)13(18)16-10-3-4-12(15-9-10)17-5-7-19-8-6-17;;/h3-4,9,11H,2,5-8,14H2,1H3,(H,16,18);2*1H/t11-;;/m0../s1. The second kappa shape index (κ2) is 9.78. The van der Waals surface area contributed by atoms with Crippen molar-refractivity contribution in [3.05, 3.63) is 18.3 Å². The number of nitrogens with two attached hydrogens (primary N) is 1. The van der Waals surface area contributed by atoms with Crippen LogP contribution in [0.5, 0.6) is 0 Å². The molecule has 0 radical (unpaired) electrons. The maximum atomic E-state index is 11.6. The smallest absolute Gasteiger partial charge is 0.241 e. The lowest BCUT2D eigenvalue weighted by molar-refractivity contribution is -0.117. The first-order chi connectivity index (χ1) is 9.20. The third kappa shape index (κ3) is 5.67. The molecule has 3 N–H and O–H groups in total. The second-order valence-electron chi connectivity index (χ2n) is 4.51. The van der Waals surface area contributed by atoms with Crippen molar-refractivity contribution in [2.75, 3.05) is 36.5 Å². The van der Waals surface area contributed by atoms with Crippen molar-refractivity contribution in [3.63, 3.8) is 0 Å². The van der Waals surface area contributed by atoms with Crippen LogP contribution < -0.4 is 16.0 Å². The molecular weight excluding hydrogens is 315 g/mol. The molecule has 8 heteroatoms. The van der Waals surface area contributed by atoms with Gasteiger partial charge >= 0.3 is 0 Å². The van der Waals surface area contributed by atoms with Crippen molar-refractivity contribution in [1.82, 2.24) is 4.98 Å². The number of hydrogen-bond acceptors (Lipinski definition) is 5. The van der Waals surface area contributed by atoms with E-state index in [-0.39, 0.29) is 30.7 Å². The molecular formula is C13H22Cl2N4O2. The molecule has 21 heavy (non-hydrogen) atoms. The lowest BCUT2D eigenvalue weighted by Gasteiger charge is -2.27. The normalized spacial score (nSPS) is 15.4. The van der Waals surface area contributed by atoms with E-state index in [0.29, 0.717) is 12.1 Å². The molecule has 120 valence electrons. The van der Waals surface area contributed by atoms with Gasteiger partial charge in [-0.1, -0.05) is 6.92 Å². The van der Waals surface area contributed by atoms with Gasteiger partial charge in [-0.2, -0.15) is 0 Å². The quantitative estimate of drug-likeness (QED) is 0.869. The van der Waals surface area contributed by atoms with Crippen LogP contribution >= 0.6 is 24.8 Å². The number of nitrogens with one attached hydrogen (secondary N) is 1. The van der Waals surface area contributed by atoms with Crippen LogP contribution in [0.25, 0.3) is 0 Å². The molecule has 2 heterocycles. The Balaban J connectivity index is 0.00000200. The molecule has 1 aromatic rings. The van der Waals surface area contributed by atoms with Crippen molar-refractivity contribution in [1.29, 1.82) is 0 Å². The minimum atomic E-state index is -0.473. The average Bonchev–Trinajstić information content (AvgIpc) is 2.48. The van der Waals surface area contributed by atoms with Gasteiger partial charge in [0.25, 0.3) is 0 Å². The van der Waals surface area contributed by atoms with Crippen molar-refractivity contribution in [2.24, 2.45) is 5.73 Å². The fourth-order valence-corrected chi connectivity index (χ4v) is 1.86. The minimum Gasteiger partial charge on any atom is -0.378 e. The first-order valence-electron chi connectivity index (χ1n) is 6.56. The number of ether oxygens (including phenoxy) is 1. The van der Waals surface area contributed by atoms with Gasteiger partial charge in [0.2, 0.25) is 5.91 Å². The van der Waals surface area contributed by atoms with E-state index in [0.717, 1.165) is 32.1 Å². The number of carbonyl (C=O) groups excluding carboxylic acids is 1. The van der Waals surface area contributed by atoms with Crippen molar-refractivity contribution < 1.29 is 9.53 Å². The Hall–Kier alpha value is -1.08. The maximum Gasteiger partial charge on any atom is 0.241 e. The Bertz CT molecular complexity index is 425. The van der Waals surface area contributed by atoms with Gasteiger partial charge in [0.15, 0.2) is 0 Å². The number of anilines is 2. The SMILES string of the molecule is CC[C@H](N)C(=O)Nc1ccc(N2CCOCC2)nc1.Cl.Cl. The summed E-state index contributed by atoms with van der Waals surface area (Å²) in [7, 11) is 0. The molecule has 0 unspecified atom stereocenters. The molecule has 0 aliphatic carbocycles. The van der Waals surface area contributed by atoms with Gasteiger partial charge in [0.1, 0.15) is 5.82 Å². The summed E-state index contributed by atoms with van der Waals surface area (Å²) in [4.78, 5) is 18.2. The predicted octanol–water partition coefficient (Wildman–Crippen LogP) is 1.44. The highest BCUT2D eigenvalue weighted by molar-refractivity contribution is 5.94. The minimum absolute atomic E-state index is 0. The van der Waals surface area contributed by atoms with Gasteiger partial charge in [-0.25, -0.2) is 4.98 Å².